The van der Waals surface area contributed by atoms with Crippen LogP contribution >= 0.6 is 24.0 Å². The molecular weight excluding hydrogens is 314 g/mol. The van der Waals surface area contributed by atoms with Crippen molar-refractivity contribution >= 4 is 29.1 Å². The number of morpholine rings is 1. The normalized spacial score (nSPS) is 15.5. The third-order valence-corrected chi connectivity index (χ3v) is 4.80. The summed E-state index contributed by atoms with van der Waals surface area (Å²) in [5.41, 5.74) is 1.30. The van der Waals surface area contributed by atoms with E-state index in [1.165, 1.54) is 10.5 Å². The van der Waals surface area contributed by atoms with Crippen molar-refractivity contribution in [2.24, 2.45) is 0 Å². The van der Waals surface area contributed by atoms with Gasteiger partial charge in [0, 0.05) is 43.4 Å². The van der Waals surface area contributed by atoms with Crippen LogP contribution in [0.15, 0.2) is 29.2 Å². The van der Waals surface area contributed by atoms with Crippen molar-refractivity contribution in [2.45, 2.75) is 11.8 Å². The van der Waals surface area contributed by atoms with Gasteiger partial charge in [-0.05, 0) is 31.3 Å². The molecule has 0 bridgehead atoms. The topological polar surface area (TPSA) is 36.5 Å². The highest BCUT2D eigenvalue weighted by Crippen LogP contribution is 2.17. The Balaban J connectivity index is 1.49. The lowest BCUT2D eigenvalue weighted by Gasteiger charge is -2.26. The van der Waals surface area contributed by atoms with E-state index in [0.29, 0.717) is 0 Å². The third kappa shape index (κ3) is 6.96. The van der Waals surface area contributed by atoms with Gasteiger partial charge in [0.15, 0.2) is 5.11 Å². The molecule has 1 aromatic carbocycles. The van der Waals surface area contributed by atoms with Crippen LogP contribution in [0.2, 0.25) is 0 Å². The Morgan fingerprint density at radius 1 is 1.18 bits per heavy atom. The number of nitrogens with one attached hydrogen (secondary N) is 2. The lowest BCUT2D eigenvalue weighted by Crippen LogP contribution is -2.43. The van der Waals surface area contributed by atoms with Crippen LogP contribution in [0.3, 0.4) is 0 Å². The van der Waals surface area contributed by atoms with E-state index in [0.717, 1.165) is 56.8 Å². The van der Waals surface area contributed by atoms with E-state index < -0.39 is 0 Å². The van der Waals surface area contributed by atoms with Crippen LogP contribution in [0, 0.1) is 6.92 Å². The molecule has 0 aliphatic carbocycles. The van der Waals surface area contributed by atoms with Crippen molar-refractivity contribution in [3.05, 3.63) is 29.8 Å². The molecule has 0 atom stereocenters. The fourth-order valence-electron chi connectivity index (χ4n) is 2.18. The van der Waals surface area contributed by atoms with Gasteiger partial charge in [0.1, 0.15) is 0 Å². The Bertz CT molecular complexity index is 447. The van der Waals surface area contributed by atoms with Gasteiger partial charge in [-0.15, -0.1) is 11.8 Å². The van der Waals surface area contributed by atoms with E-state index in [4.69, 9.17) is 17.0 Å². The molecule has 0 unspecified atom stereocenters. The van der Waals surface area contributed by atoms with Crippen LogP contribution in [0.25, 0.3) is 0 Å². The molecule has 0 saturated carbocycles. The van der Waals surface area contributed by atoms with Crippen LogP contribution in [0.5, 0.6) is 0 Å². The van der Waals surface area contributed by atoms with Crippen molar-refractivity contribution in [3.63, 3.8) is 0 Å². The van der Waals surface area contributed by atoms with Gasteiger partial charge in [0.2, 0.25) is 0 Å². The van der Waals surface area contributed by atoms with Gasteiger partial charge in [-0.25, -0.2) is 0 Å². The summed E-state index contributed by atoms with van der Waals surface area (Å²) in [5, 5.41) is 7.27. The largest absolute Gasteiger partial charge is 0.379 e. The predicted octanol–water partition coefficient (Wildman–Crippen LogP) is 1.88. The first-order valence-corrected chi connectivity index (χ1v) is 9.15. The highest BCUT2D eigenvalue weighted by Gasteiger charge is 2.09. The lowest BCUT2D eigenvalue weighted by atomic mass is 10.2. The number of rotatable bonds is 7. The van der Waals surface area contributed by atoms with Crippen LogP contribution in [-0.2, 0) is 4.74 Å². The number of thiocarbonyl (C=S) groups is 1. The molecular formula is C16H25N3OS2. The Morgan fingerprint density at radius 3 is 2.59 bits per heavy atom. The molecule has 1 aromatic rings. The number of benzene rings is 1. The fraction of sp³-hybridized carbons (Fsp3) is 0.562. The molecule has 1 fully saturated rings. The fourth-order valence-corrected chi connectivity index (χ4v) is 3.16. The maximum absolute atomic E-state index is 5.33. The van der Waals surface area contributed by atoms with E-state index in [-0.39, 0.29) is 0 Å². The van der Waals surface area contributed by atoms with Crippen LogP contribution in [0.1, 0.15) is 5.56 Å². The minimum atomic E-state index is 0.748. The Morgan fingerprint density at radius 2 is 1.86 bits per heavy atom. The Kier molecular flexibility index (Phi) is 8.01. The summed E-state index contributed by atoms with van der Waals surface area (Å²) >= 11 is 7.14. The van der Waals surface area contributed by atoms with E-state index in [1.54, 1.807) is 0 Å². The molecule has 6 heteroatoms. The standard InChI is InChI=1S/C16H25N3OS2/c1-14-2-4-15(5-3-14)22-13-7-18-16(21)17-6-8-19-9-11-20-12-10-19/h2-5H,6-13H2,1H3,(H2,17,18,21). The maximum atomic E-state index is 5.33. The number of hydrogen-bond acceptors (Lipinski definition) is 4. The molecule has 0 amide bonds. The molecule has 2 N–H and O–H groups in total. The lowest BCUT2D eigenvalue weighted by molar-refractivity contribution is 0.0389. The van der Waals surface area contributed by atoms with Crippen LogP contribution in [0.4, 0.5) is 0 Å². The van der Waals surface area contributed by atoms with E-state index >= 15 is 0 Å². The van der Waals surface area contributed by atoms with E-state index in [9.17, 15) is 0 Å². The zero-order valence-corrected chi connectivity index (χ0v) is 14.8. The molecule has 1 aliphatic rings. The first-order chi connectivity index (χ1) is 10.7. The molecule has 122 valence electrons. The first-order valence-electron chi connectivity index (χ1n) is 7.75. The summed E-state index contributed by atoms with van der Waals surface area (Å²) < 4.78 is 5.33. The van der Waals surface area contributed by atoms with Crippen molar-refractivity contribution < 1.29 is 4.74 Å². The van der Waals surface area contributed by atoms with Gasteiger partial charge in [-0.3, -0.25) is 4.90 Å². The van der Waals surface area contributed by atoms with E-state index in [1.807, 2.05) is 11.8 Å². The maximum Gasteiger partial charge on any atom is 0.166 e. The minimum Gasteiger partial charge on any atom is -0.379 e. The van der Waals surface area contributed by atoms with Crippen molar-refractivity contribution in [1.29, 1.82) is 0 Å². The van der Waals surface area contributed by atoms with Gasteiger partial charge in [0.25, 0.3) is 0 Å². The summed E-state index contributed by atoms with van der Waals surface area (Å²) in [6, 6.07) is 8.62. The van der Waals surface area contributed by atoms with Gasteiger partial charge < -0.3 is 15.4 Å². The minimum absolute atomic E-state index is 0.748. The summed E-state index contributed by atoms with van der Waals surface area (Å²) in [6.07, 6.45) is 0. The molecule has 0 spiro atoms. The first kappa shape index (κ1) is 17.5. The Hall–Kier alpha value is -0.820. The smallest absolute Gasteiger partial charge is 0.166 e. The summed E-state index contributed by atoms with van der Waals surface area (Å²) in [5.74, 6) is 1.01. The number of thioether (sulfide) groups is 1. The number of hydrogen-bond donors (Lipinski definition) is 2. The monoisotopic (exact) mass is 339 g/mol. The second-order valence-corrected chi connectivity index (χ2v) is 6.87. The van der Waals surface area contributed by atoms with Crippen molar-refractivity contribution in [2.75, 3.05) is 51.7 Å². The summed E-state index contributed by atoms with van der Waals surface area (Å²) in [6.45, 7) is 8.63. The van der Waals surface area contributed by atoms with Crippen LogP contribution in [-0.4, -0.2) is 61.7 Å². The van der Waals surface area contributed by atoms with Gasteiger partial charge >= 0.3 is 0 Å². The molecule has 0 aromatic heterocycles. The van der Waals surface area contributed by atoms with Crippen molar-refractivity contribution in [3.8, 4) is 0 Å². The molecule has 0 radical (unpaired) electrons. The average Bonchev–Trinajstić information content (AvgIpc) is 2.54. The second-order valence-electron chi connectivity index (χ2n) is 5.30. The molecule has 1 heterocycles. The van der Waals surface area contributed by atoms with Gasteiger partial charge in [-0.1, -0.05) is 17.7 Å². The quantitative estimate of drug-likeness (QED) is 0.449. The highest BCUT2D eigenvalue weighted by atomic mass is 32.2. The Labute approximate surface area is 143 Å². The van der Waals surface area contributed by atoms with Gasteiger partial charge in [0.05, 0.1) is 13.2 Å². The zero-order valence-electron chi connectivity index (χ0n) is 13.1. The van der Waals surface area contributed by atoms with Gasteiger partial charge in [-0.2, -0.15) is 0 Å². The van der Waals surface area contributed by atoms with Crippen LogP contribution < -0.4 is 10.6 Å². The predicted molar refractivity (Wildman–Crippen MR) is 97.8 cm³/mol. The molecule has 2 rings (SSSR count). The molecule has 4 nitrogen and oxygen atoms in total. The van der Waals surface area contributed by atoms with E-state index in [2.05, 4.69) is 46.7 Å². The molecule has 22 heavy (non-hydrogen) atoms. The number of aryl methyl sites for hydroxylation is 1. The molecule has 1 aliphatic heterocycles. The summed E-state index contributed by atoms with van der Waals surface area (Å²) in [4.78, 5) is 3.70. The molecule has 1 saturated heterocycles. The number of ether oxygens (including phenoxy) is 1. The summed E-state index contributed by atoms with van der Waals surface area (Å²) in [7, 11) is 0. The second kappa shape index (κ2) is 10.0. The average molecular weight is 340 g/mol. The number of nitrogens with zero attached hydrogens (tertiary/aromatic N) is 1. The third-order valence-electron chi connectivity index (χ3n) is 3.49. The zero-order chi connectivity index (χ0) is 15.6. The SMILES string of the molecule is Cc1ccc(SCCNC(=S)NCCN2CCOCC2)cc1. The highest BCUT2D eigenvalue weighted by molar-refractivity contribution is 7.99. The van der Waals surface area contributed by atoms with Crippen molar-refractivity contribution in [1.82, 2.24) is 15.5 Å².